The van der Waals surface area contributed by atoms with Gasteiger partial charge in [-0.25, -0.2) is 0 Å². The first kappa shape index (κ1) is 14.2. The van der Waals surface area contributed by atoms with E-state index in [0.29, 0.717) is 5.56 Å². The first-order valence-electron chi connectivity index (χ1n) is 4.20. The highest BCUT2D eigenvalue weighted by atomic mass is 19.5. The van der Waals surface area contributed by atoms with Gasteiger partial charge in [-0.15, -0.1) is 0 Å². The fourth-order valence-electron chi connectivity index (χ4n) is 0.760. The fraction of sp³-hybridized carbons (Fsp3) is 0.250. The Morgan fingerprint density at radius 3 is 1.81 bits per heavy atom. The summed E-state index contributed by atoms with van der Waals surface area (Å²) in [6, 6.07) is 5.62. The van der Waals surface area contributed by atoms with Crippen LogP contribution in [0.25, 0.3) is 0 Å². The van der Waals surface area contributed by atoms with E-state index in [-0.39, 0.29) is 0 Å². The smallest absolute Gasteiger partial charge is 0.418 e. The van der Waals surface area contributed by atoms with E-state index in [2.05, 4.69) is 6.07 Å². The normalized spacial score (nSPS) is 9.81. The van der Waals surface area contributed by atoms with Gasteiger partial charge in [0, 0.05) is 12.1 Å². The summed E-state index contributed by atoms with van der Waals surface area (Å²) in [5.74, 6) is 0. The van der Waals surface area contributed by atoms with Crippen molar-refractivity contribution >= 4 is 7.25 Å². The van der Waals surface area contributed by atoms with Gasteiger partial charge in [0.2, 0.25) is 12.4 Å². The molecular formula is C8H10BF4N3. The molecule has 0 atom stereocenters. The van der Waals surface area contributed by atoms with Gasteiger partial charge in [0.25, 0.3) is 0 Å². The number of pyridine rings is 1. The van der Waals surface area contributed by atoms with E-state index in [4.69, 9.17) is 5.26 Å². The summed E-state index contributed by atoms with van der Waals surface area (Å²) in [7, 11) is -2.13. The van der Waals surface area contributed by atoms with Gasteiger partial charge < -0.3 is 17.3 Å². The first-order valence-corrected chi connectivity index (χ1v) is 4.20. The summed E-state index contributed by atoms with van der Waals surface area (Å²) in [6.45, 7) is 0. The molecule has 0 bridgehead atoms. The van der Waals surface area contributed by atoms with Crippen LogP contribution < -0.4 is 9.69 Å². The summed E-state index contributed by atoms with van der Waals surface area (Å²) in [5.41, 5.74) is 0.683. The van der Waals surface area contributed by atoms with Gasteiger partial charge in [-0.3, -0.25) is 0 Å². The Bertz CT molecular complexity index is 349. The molecule has 0 aliphatic heterocycles. The molecule has 88 valence electrons. The topological polar surface area (TPSA) is 30.9 Å². The third kappa shape index (κ3) is 7.61. The number of nitrogens with zero attached hydrogens (tertiary/aromatic N) is 3. The molecule has 0 N–H and O–H groups in total. The van der Waals surface area contributed by atoms with Gasteiger partial charge in [0.05, 0.1) is 25.7 Å². The van der Waals surface area contributed by atoms with Crippen LogP contribution in [-0.2, 0) is 0 Å². The van der Waals surface area contributed by atoms with Crippen molar-refractivity contribution in [1.29, 1.82) is 5.26 Å². The molecule has 3 nitrogen and oxygen atoms in total. The van der Waals surface area contributed by atoms with Crippen molar-refractivity contribution in [3.8, 4) is 6.07 Å². The predicted octanol–water partition coefficient (Wildman–Crippen LogP) is 1.34. The second-order valence-electron chi connectivity index (χ2n) is 2.92. The van der Waals surface area contributed by atoms with Crippen molar-refractivity contribution in [2.24, 2.45) is 0 Å². The van der Waals surface area contributed by atoms with Crippen LogP contribution in [0.15, 0.2) is 24.5 Å². The average Bonchev–Trinajstić information content (AvgIpc) is 2.15. The van der Waals surface area contributed by atoms with E-state index in [0.717, 1.165) is 0 Å². The van der Waals surface area contributed by atoms with Gasteiger partial charge in [-0.05, 0) is 0 Å². The van der Waals surface area contributed by atoms with Gasteiger partial charge in [-0.2, -0.15) is 10.3 Å². The van der Waals surface area contributed by atoms with Crippen molar-refractivity contribution < 1.29 is 21.9 Å². The Morgan fingerprint density at radius 2 is 1.56 bits per heavy atom. The molecule has 0 radical (unpaired) electrons. The Balaban J connectivity index is 0.000000385. The van der Waals surface area contributed by atoms with E-state index >= 15 is 0 Å². The predicted molar refractivity (Wildman–Crippen MR) is 51.6 cm³/mol. The van der Waals surface area contributed by atoms with Crippen LogP contribution in [0.3, 0.4) is 0 Å². The summed E-state index contributed by atoms with van der Waals surface area (Å²) in [6.07, 6.45) is 3.69. The quantitative estimate of drug-likeness (QED) is 0.417. The van der Waals surface area contributed by atoms with Gasteiger partial charge in [-0.1, -0.05) is 4.68 Å². The minimum atomic E-state index is -6.00. The SMILES string of the molecule is CN(C)[n+]1ccc(C#N)cc1.F[B-](F)(F)F. The number of rotatable bonds is 1. The number of hydrogen-bond donors (Lipinski definition) is 0. The Hall–Kier alpha value is -1.78. The maximum absolute atomic E-state index is 9.75. The summed E-state index contributed by atoms with van der Waals surface area (Å²) in [4.78, 5) is 0. The molecule has 0 spiro atoms. The highest BCUT2D eigenvalue weighted by Gasteiger charge is 2.20. The summed E-state index contributed by atoms with van der Waals surface area (Å²) >= 11 is 0. The maximum Gasteiger partial charge on any atom is 0.673 e. The van der Waals surface area contributed by atoms with Gasteiger partial charge in [0.15, 0.2) is 0 Å². The molecule has 1 heterocycles. The lowest BCUT2D eigenvalue weighted by molar-refractivity contribution is -0.687. The third-order valence-corrected chi connectivity index (χ3v) is 1.40. The van der Waals surface area contributed by atoms with Crippen LogP contribution in [0.1, 0.15) is 5.56 Å². The molecule has 0 aliphatic rings. The molecule has 16 heavy (non-hydrogen) atoms. The van der Waals surface area contributed by atoms with Crippen molar-refractivity contribution in [2.75, 3.05) is 19.1 Å². The Labute approximate surface area is 90.6 Å². The lowest BCUT2D eigenvalue weighted by Crippen LogP contribution is -2.51. The molecule has 0 saturated heterocycles. The van der Waals surface area contributed by atoms with Crippen molar-refractivity contribution in [3.63, 3.8) is 0 Å². The molecule has 0 fully saturated rings. The van der Waals surface area contributed by atoms with Crippen molar-refractivity contribution in [3.05, 3.63) is 30.1 Å². The van der Waals surface area contributed by atoms with Crippen LogP contribution in [0.5, 0.6) is 0 Å². The highest BCUT2D eigenvalue weighted by molar-refractivity contribution is 6.50. The zero-order valence-electron chi connectivity index (χ0n) is 8.74. The largest absolute Gasteiger partial charge is 0.673 e. The van der Waals surface area contributed by atoms with Crippen LogP contribution in [0.2, 0.25) is 0 Å². The van der Waals surface area contributed by atoms with Crippen LogP contribution in [-0.4, -0.2) is 21.3 Å². The number of nitriles is 1. The lowest BCUT2D eigenvalue weighted by Gasteiger charge is -2.02. The lowest BCUT2D eigenvalue weighted by atomic mass is 10.3. The summed E-state index contributed by atoms with van der Waals surface area (Å²) < 4.78 is 40.9. The fourth-order valence-corrected chi connectivity index (χ4v) is 0.760. The van der Waals surface area contributed by atoms with E-state index in [9.17, 15) is 17.3 Å². The molecule has 1 rings (SSSR count). The zero-order valence-corrected chi connectivity index (χ0v) is 8.74. The van der Waals surface area contributed by atoms with E-state index in [1.807, 2.05) is 36.2 Å². The Kier molecular flexibility index (Phi) is 5.29. The minimum Gasteiger partial charge on any atom is -0.418 e. The first-order chi connectivity index (χ1) is 7.24. The molecule has 0 unspecified atom stereocenters. The van der Waals surface area contributed by atoms with E-state index < -0.39 is 7.25 Å². The highest BCUT2D eigenvalue weighted by Crippen LogP contribution is 2.06. The second-order valence-corrected chi connectivity index (χ2v) is 2.92. The molecule has 0 aliphatic carbocycles. The molecular weight excluding hydrogens is 225 g/mol. The van der Waals surface area contributed by atoms with Gasteiger partial charge >= 0.3 is 7.25 Å². The monoisotopic (exact) mass is 235 g/mol. The molecule has 0 amide bonds. The van der Waals surface area contributed by atoms with Crippen LogP contribution in [0, 0.1) is 11.3 Å². The standard InChI is InChI=1S/C8H10N3.BF4/c1-10(2)11-5-3-8(7-9)4-6-11;2-1(3,4)5/h3-6H,1-2H3;/q+1;-1. The van der Waals surface area contributed by atoms with Crippen molar-refractivity contribution in [1.82, 2.24) is 0 Å². The number of aromatic nitrogens is 1. The van der Waals surface area contributed by atoms with Crippen molar-refractivity contribution in [2.45, 2.75) is 0 Å². The number of halogens is 4. The maximum atomic E-state index is 9.75. The Morgan fingerprint density at radius 1 is 1.19 bits per heavy atom. The molecule has 0 saturated carbocycles. The molecule has 0 aromatic carbocycles. The molecule has 1 aromatic heterocycles. The van der Waals surface area contributed by atoms with Crippen LogP contribution in [0.4, 0.5) is 17.3 Å². The third-order valence-electron chi connectivity index (χ3n) is 1.40. The van der Waals surface area contributed by atoms with E-state index in [1.54, 1.807) is 12.1 Å². The summed E-state index contributed by atoms with van der Waals surface area (Å²) in [5, 5.41) is 10.4. The van der Waals surface area contributed by atoms with Gasteiger partial charge in [0.1, 0.15) is 0 Å². The van der Waals surface area contributed by atoms with E-state index in [1.165, 1.54) is 0 Å². The second kappa shape index (κ2) is 5.95. The average molecular weight is 235 g/mol. The molecule has 1 aromatic rings. The zero-order chi connectivity index (χ0) is 12.8. The number of hydrogen-bond acceptors (Lipinski definition) is 2. The minimum absolute atomic E-state index is 0.683. The van der Waals surface area contributed by atoms with Crippen LogP contribution >= 0.6 is 0 Å². The molecule has 8 heteroatoms.